The van der Waals surface area contributed by atoms with Gasteiger partial charge in [0.05, 0.1) is 0 Å². The third kappa shape index (κ3) is 3.68. The van der Waals surface area contributed by atoms with Crippen LogP contribution in [0.15, 0.2) is 34.9 Å². The number of hydrogen-bond acceptors (Lipinski definition) is 3. The SMILES string of the molecule is CCCc1nc(Br)cc(Nc2ccc(Cl)cc2)n1. The number of aromatic nitrogens is 2. The molecule has 5 heteroatoms. The first-order chi connectivity index (χ1) is 8.67. The summed E-state index contributed by atoms with van der Waals surface area (Å²) in [6, 6.07) is 9.36. The summed E-state index contributed by atoms with van der Waals surface area (Å²) < 4.78 is 0.789. The van der Waals surface area contributed by atoms with E-state index in [9.17, 15) is 0 Å². The van der Waals surface area contributed by atoms with Gasteiger partial charge in [0.1, 0.15) is 16.2 Å². The van der Waals surface area contributed by atoms with Gasteiger partial charge in [-0.05, 0) is 46.6 Å². The Bertz CT molecular complexity index is 528. The summed E-state index contributed by atoms with van der Waals surface area (Å²) >= 11 is 9.24. The molecule has 0 radical (unpaired) electrons. The predicted molar refractivity (Wildman–Crippen MR) is 78.5 cm³/mol. The third-order valence-corrected chi connectivity index (χ3v) is 2.99. The molecule has 0 spiro atoms. The van der Waals surface area contributed by atoms with Crippen molar-refractivity contribution in [2.24, 2.45) is 0 Å². The molecule has 1 aromatic heterocycles. The van der Waals surface area contributed by atoms with Crippen LogP contribution in [-0.2, 0) is 6.42 Å². The van der Waals surface area contributed by atoms with Gasteiger partial charge < -0.3 is 5.32 Å². The topological polar surface area (TPSA) is 37.8 Å². The molecule has 0 saturated carbocycles. The summed E-state index contributed by atoms with van der Waals surface area (Å²) in [5.74, 6) is 1.62. The molecule has 18 heavy (non-hydrogen) atoms. The number of nitrogens with zero attached hydrogens (tertiary/aromatic N) is 2. The number of halogens is 2. The first-order valence-corrected chi connectivity index (χ1v) is 6.90. The lowest BCUT2D eigenvalue weighted by Crippen LogP contribution is -2.00. The van der Waals surface area contributed by atoms with Crippen molar-refractivity contribution in [2.45, 2.75) is 19.8 Å². The van der Waals surface area contributed by atoms with Crippen molar-refractivity contribution in [2.75, 3.05) is 5.32 Å². The van der Waals surface area contributed by atoms with Crippen LogP contribution < -0.4 is 5.32 Å². The maximum Gasteiger partial charge on any atom is 0.135 e. The highest BCUT2D eigenvalue weighted by atomic mass is 79.9. The van der Waals surface area contributed by atoms with E-state index >= 15 is 0 Å². The number of hydrogen-bond donors (Lipinski definition) is 1. The summed E-state index contributed by atoms with van der Waals surface area (Å²) in [4.78, 5) is 8.78. The normalized spacial score (nSPS) is 10.4. The molecular weight excluding hydrogens is 314 g/mol. The summed E-state index contributed by atoms with van der Waals surface area (Å²) in [5.41, 5.74) is 0.951. The molecule has 1 heterocycles. The number of nitrogens with one attached hydrogen (secondary N) is 1. The monoisotopic (exact) mass is 325 g/mol. The third-order valence-electron chi connectivity index (χ3n) is 2.33. The summed E-state index contributed by atoms with van der Waals surface area (Å²) in [5, 5.41) is 3.95. The molecule has 0 aliphatic heterocycles. The van der Waals surface area contributed by atoms with Gasteiger partial charge in [-0.3, -0.25) is 0 Å². The highest BCUT2D eigenvalue weighted by Crippen LogP contribution is 2.20. The molecule has 0 aliphatic rings. The van der Waals surface area contributed by atoms with E-state index in [4.69, 9.17) is 11.6 Å². The van der Waals surface area contributed by atoms with Crippen LogP contribution in [0.25, 0.3) is 0 Å². The lowest BCUT2D eigenvalue weighted by atomic mass is 10.3. The fraction of sp³-hybridized carbons (Fsp3) is 0.231. The van der Waals surface area contributed by atoms with E-state index in [2.05, 4.69) is 38.1 Å². The van der Waals surface area contributed by atoms with Crippen molar-refractivity contribution >= 4 is 39.0 Å². The number of benzene rings is 1. The van der Waals surface area contributed by atoms with E-state index in [1.807, 2.05) is 30.3 Å². The standard InChI is InChI=1S/C13H13BrClN3/c1-2-3-12-17-11(14)8-13(18-12)16-10-6-4-9(15)5-7-10/h4-8H,2-3H2,1H3,(H,16,17,18). The van der Waals surface area contributed by atoms with E-state index in [1.165, 1.54) is 0 Å². The number of anilines is 2. The zero-order valence-electron chi connectivity index (χ0n) is 9.95. The lowest BCUT2D eigenvalue weighted by molar-refractivity contribution is 0.831. The quantitative estimate of drug-likeness (QED) is 0.835. The second-order valence-electron chi connectivity index (χ2n) is 3.87. The van der Waals surface area contributed by atoms with Gasteiger partial charge in [-0.2, -0.15) is 0 Å². The lowest BCUT2D eigenvalue weighted by Gasteiger charge is -2.07. The van der Waals surface area contributed by atoms with Gasteiger partial charge >= 0.3 is 0 Å². The predicted octanol–water partition coefficient (Wildman–Crippen LogP) is 4.59. The van der Waals surface area contributed by atoms with Gasteiger partial charge in [0.15, 0.2) is 0 Å². The van der Waals surface area contributed by atoms with Crippen molar-refractivity contribution in [1.29, 1.82) is 0 Å². The smallest absolute Gasteiger partial charge is 0.135 e. The van der Waals surface area contributed by atoms with Crippen LogP contribution >= 0.6 is 27.5 Å². The minimum atomic E-state index is 0.719. The van der Waals surface area contributed by atoms with E-state index in [1.54, 1.807) is 0 Å². The fourth-order valence-electron chi connectivity index (χ4n) is 1.55. The van der Waals surface area contributed by atoms with Crippen molar-refractivity contribution in [3.05, 3.63) is 45.8 Å². The highest BCUT2D eigenvalue weighted by Gasteiger charge is 2.03. The second-order valence-corrected chi connectivity index (χ2v) is 5.12. The van der Waals surface area contributed by atoms with Crippen LogP contribution in [-0.4, -0.2) is 9.97 Å². The van der Waals surface area contributed by atoms with Gasteiger partial charge in [-0.25, -0.2) is 9.97 Å². The Morgan fingerprint density at radius 1 is 1.22 bits per heavy atom. The molecule has 0 amide bonds. The molecule has 2 aromatic rings. The Morgan fingerprint density at radius 2 is 1.94 bits per heavy atom. The molecular formula is C13H13BrClN3. The average molecular weight is 327 g/mol. The van der Waals surface area contributed by atoms with E-state index in [0.717, 1.165) is 39.8 Å². The summed E-state index contributed by atoms with van der Waals surface area (Å²) in [6.07, 6.45) is 1.89. The molecule has 0 fully saturated rings. The van der Waals surface area contributed by atoms with E-state index in [-0.39, 0.29) is 0 Å². The largest absolute Gasteiger partial charge is 0.340 e. The zero-order chi connectivity index (χ0) is 13.0. The molecule has 0 unspecified atom stereocenters. The fourth-order valence-corrected chi connectivity index (χ4v) is 2.09. The minimum absolute atomic E-state index is 0.719. The Morgan fingerprint density at radius 3 is 2.61 bits per heavy atom. The van der Waals surface area contributed by atoms with Crippen molar-refractivity contribution < 1.29 is 0 Å². The first kappa shape index (κ1) is 13.3. The molecule has 0 bridgehead atoms. The van der Waals surface area contributed by atoms with Crippen LogP contribution in [0.2, 0.25) is 5.02 Å². The summed E-state index contributed by atoms with van der Waals surface area (Å²) in [6.45, 7) is 2.11. The average Bonchev–Trinajstić information content (AvgIpc) is 2.32. The number of aryl methyl sites for hydroxylation is 1. The second kappa shape index (κ2) is 6.16. The molecule has 0 aliphatic carbocycles. The van der Waals surface area contributed by atoms with Gasteiger partial charge in [-0.1, -0.05) is 18.5 Å². The molecule has 1 aromatic carbocycles. The van der Waals surface area contributed by atoms with Crippen LogP contribution in [0.3, 0.4) is 0 Å². The van der Waals surface area contributed by atoms with Crippen LogP contribution in [0.1, 0.15) is 19.2 Å². The molecule has 1 N–H and O–H groups in total. The van der Waals surface area contributed by atoms with E-state index in [0.29, 0.717) is 0 Å². The number of rotatable bonds is 4. The van der Waals surface area contributed by atoms with Crippen LogP contribution in [0.4, 0.5) is 11.5 Å². The molecule has 0 atom stereocenters. The van der Waals surface area contributed by atoms with Gasteiger partial charge in [0.25, 0.3) is 0 Å². The van der Waals surface area contributed by atoms with E-state index < -0.39 is 0 Å². The maximum atomic E-state index is 5.85. The Hall–Kier alpha value is -1.13. The molecule has 0 saturated heterocycles. The Kier molecular flexibility index (Phi) is 4.55. The van der Waals surface area contributed by atoms with Crippen molar-refractivity contribution in [3.8, 4) is 0 Å². The summed E-state index contributed by atoms with van der Waals surface area (Å²) in [7, 11) is 0. The van der Waals surface area contributed by atoms with Crippen molar-refractivity contribution in [1.82, 2.24) is 9.97 Å². The van der Waals surface area contributed by atoms with Gasteiger partial charge in [0, 0.05) is 23.2 Å². The Balaban J connectivity index is 2.20. The van der Waals surface area contributed by atoms with Gasteiger partial charge in [-0.15, -0.1) is 0 Å². The first-order valence-electron chi connectivity index (χ1n) is 5.73. The van der Waals surface area contributed by atoms with Gasteiger partial charge in [0.2, 0.25) is 0 Å². The zero-order valence-corrected chi connectivity index (χ0v) is 12.3. The minimum Gasteiger partial charge on any atom is -0.340 e. The maximum absolute atomic E-state index is 5.85. The van der Waals surface area contributed by atoms with Crippen LogP contribution in [0, 0.1) is 0 Å². The van der Waals surface area contributed by atoms with Crippen molar-refractivity contribution in [3.63, 3.8) is 0 Å². The Labute approximate surface area is 120 Å². The van der Waals surface area contributed by atoms with Crippen LogP contribution in [0.5, 0.6) is 0 Å². The highest BCUT2D eigenvalue weighted by molar-refractivity contribution is 9.10. The molecule has 2 rings (SSSR count). The molecule has 94 valence electrons. The molecule has 3 nitrogen and oxygen atoms in total.